The zero-order chi connectivity index (χ0) is 7.33. The van der Waals surface area contributed by atoms with Crippen LogP contribution >= 0.6 is 0 Å². The third-order valence-electron chi connectivity index (χ3n) is 0.535. The van der Waals surface area contributed by atoms with Crippen molar-refractivity contribution in [3.63, 3.8) is 0 Å². The summed E-state index contributed by atoms with van der Waals surface area (Å²) in [5.74, 6) is 4.15. The lowest BCUT2D eigenvalue weighted by Gasteiger charge is -1.96. The molecule has 0 N–H and O–H groups in total. The van der Waals surface area contributed by atoms with E-state index in [0.29, 0.717) is 0 Å². The van der Waals surface area contributed by atoms with Crippen molar-refractivity contribution in [3.05, 3.63) is 6.42 Å². The second-order valence-corrected chi connectivity index (χ2v) is 1.40. The zero-order valence-corrected chi connectivity index (χ0v) is 4.92. The van der Waals surface area contributed by atoms with Crippen LogP contribution in [0.5, 0.6) is 0 Å². The van der Waals surface area contributed by atoms with Gasteiger partial charge in [0.15, 0.2) is 0 Å². The Morgan fingerprint density at radius 2 is 2.00 bits per heavy atom. The Bertz CT molecular complexity index is 123. The molecule has 0 aromatic rings. The van der Waals surface area contributed by atoms with Gasteiger partial charge in [-0.25, -0.2) is 0 Å². The highest BCUT2D eigenvalue weighted by Crippen LogP contribution is 2.17. The van der Waals surface area contributed by atoms with Crippen LogP contribution in [-0.2, 0) is 0 Å². The summed E-state index contributed by atoms with van der Waals surface area (Å²) >= 11 is 0. The predicted molar refractivity (Wildman–Crippen MR) is 28.4 cm³/mol. The van der Waals surface area contributed by atoms with Crippen LogP contribution in [0.15, 0.2) is 0 Å². The van der Waals surface area contributed by atoms with Crippen molar-refractivity contribution in [1.29, 1.82) is 0 Å². The lowest BCUT2D eigenvalue weighted by atomic mass is 10.4. The summed E-state index contributed by atoms with van der Waals surface area (Å²) in [4.78, 5) is 0. The third-order valence-corrected chi connectivity index (χ3v) is 0.535. The van der Waals surface area contributed by atoms with Crippen LogP contribution in [0.25, 0.3) is 0 Å². The van der Waals surface area contributed by atoms with E-state index in [0.717, 1.165) is 0 Å². The molecule has 0 unspecified atom stereocenters. The molecule has 0 aromatic heterocycles. The van der Waals surface area contributed by atoms with Gasteiger partial charge in [-0.15, -0.1) is 0 Å². The first-order valence-corrected chi connectivity index (χ1v) is 2.39. The van der Waals surface area contributed by atoms with Crippen molar-refractivity contribution in [2.75, 3.05) is 0 Å². The van der Waals surface area contributed by atoms with Gasteiger partial charge in [-0.05, 0) is 0 Å². The van der Waals surface area contributed by atoms with Crippen LogP contribution in [0.2, 0.25) is 0 Å². The first kappa shape index (κ1) is 8.35. The molecule has 9 heavy (non-hydrogen) atoms. The third kappa shape index (κ3) is 7.35. The maximum atomic E-state index is 11.3. The van der Waals surface area contributed by atoms with E-state index in [-0.39, 0.29) is 0 Å². The second-order valence-electron chi connectivity index (χ2n) is 1.40. The molecule has 0 nitrogen and oxygen atoms in total. The quantitative estimate of drug-likeness (QED) is 0.446. The van der Waals surface area contributed by atoms with E-state index in [1.165, 1.54) is 6.42 Å². The van der Waals surface area contributed by atoms with E-state index in [1.807, 2.05) is 5.92 Å². The second kappa shape index (κ2) is 3.39. The van der Waals surface area contributed by atoms with Crippen LogP contribution in [-0.4, -0.2) is 6.18 Å². The van der Waals surface area contributed by atoms with Gasteiger partial charge in [-0.3, -0.25) is 0 Å². The van der Waals surface area contributed by atoms with E-state index >= 15 is 0 Å². The number of rotatable bonds is 0. The van der Waals surface area contributed by atoms with Crippen molar-refractivity contribution in [3.8, 4) is 11.8 Å². The molecule has 0 fully saturated rings. The number of halogens is 3. The molecule has 0 rings (SSSR count). The first-order valence-electron chi connectivity index (χ1n) is 2.39. The largest absolute Gasteiger partial charge is 0.399 e. The molecule has 0 atom stereocenters. The van der Waals surface area contributed by atoms with E-state index in [9.17, 15) is 13.2 Å². The molecule has 0 aromatic carbocycles. The van der Waals surface area contributed by atoms with Gasteiger partial charge in [-0.1, -0.05) is 18.8 Å². The summed E-state index contributed by atoms with van der Waals surface area (Å²) < 4.78 is 33.8. The van der Waals surface area contributed by atoms with Gasteiger partial charge in [0.25, 0.3) is 0 Å². The minimum atomic E-state index is -4.14. The molecule has 0 aliphatic heterocycles. The van der Waals surface area contributed by atoms with E-state index in [2.05, 4.69) is 5.92 Å². The molecule has 0 aliphatic rings. The highest BCUT2D eigenvalue weighted by molar-refractivity contribution is 5.08. The molecule has 0 amide bonds. The Balaban J connectivity index is 3.50. The molecule has 0 saturated heterocycles. The molecule has 3 heteroatoms. The summed E-state index contributed by atoms with van der Waals surface area (Å²) in [6, 6.07) is 0. The molecule has 1 radical (unpaired) electrons. The lowest BCUT2D eigenvalue weighted by molar-refractivity contribution is -0.123. The van der Waals surface area contributed by atoms with Gasteiger partial charge in [0.05, 0.1) is 0 Å². The summed E-state index contributed by atoms with van der Waals surface area (Å²) in [7, 11) is 0. The molecule has 0 spiro atoms. The fourth-order valence-corrected chi connectivity index (χ4v) is 0.253. The normalized spacial score (nSPS) is 10.2. The Labute approximate surface area is 52.1 Å². The maximum absolute atomic E-state index is 11.3. The molecule has 0 saturated carbocycles. The predicted octanol–water partition coefficient (Wildman–Crippen LogP) is 2.17. The van der Waals surface area contributed by atoms with Gasteiger partial charge in [0.2, 0.25) is 0 Å². The Morgan fingerprint density at radius 3 is 2.33 bits per heavy atom. The Hall–Kier alpha value is -0.650. The molecule has 0 heterocycles. The molecular weight excluding hydrogens is 129 g/mol. The fourth-order valence-electron chi connectivity index (χ4n) is 0.253. The highest BCUT2D eigenvalue weighted by Gasteiger charge is 2.24. The fraction of sp³-hybridized carbons (Fsp3) is 0.500. The van der Waals surface area contributed by atoms with Crippen LogP contribution in [0.1, 0.15) is 13.3 Å². The van der Waals surface area contributed by atoms with Crippen LogP contribution in [0, 0.1) is 18.3 Å². The van der Waals surface area contributed by atoms with E-state index < -0.39 is 12.6 Å². The van der Waals surface area contributed by atoms with Gasteiger partial charge in [-0.2, -0.15) is 13.2 Å². The minimum absolute atomic E-state index is 1.02. The smallest absolute Gasteiger partial charge is 0.170 e. The first-order chi connectivity index (χ1) is 4.06. The van der Waals surface area contributed by atoms with Gasteiger partial charge >= 0.3 is 6.18 Å². The van der Waals surface area contributed by atoms with E-state index in [4.69, 9.17) is 0 Å². The standard InChI is InChI=1S/C6H6F3/c1-2-3-4-5-6(7,8)9/h2H,5H2,1H3. The maximum Gasteiger partial charge on any atom is 0.399 e. The monoisotopic (exact) mass is 135 g/mol. The summed E-state index contributed by atoms with van der Waals surface area (Å²) in [5.41, 5.74) is 0. The van der Waals surface area contributed by atoms with Crippen LogP contribution in [0.4, 0.5) is 13.2 Å². The molecule has 0 aliphatic carbocycles. The van der Waals surface area contributed by atoms with Crippen molar-refractivity contribution in [1.82, 2.24) is 0 Å². The number of alkyl halides is 3. The SMILES string of the molecule is C[CH]C#CCC(F)(F)F. The van der Waals surface area contributed by atoms with E-state index in [1.54, 1.807) is 6.92 Å². The van der Waals surface area contributed by atoms with Gasteiger partial charge < -0.3 is 0 Å². The molecule has 51 valence electrons. The van der Waals surface area contributed by atoms with Crippen molar-refractivity contribution in [2.24, 2.45) is 0 Å². The summed E-state index contributed by atoms with van der Waals surface area (Å²) in [6.07, 6.45) is -3.78. The number of hydrogen-bond acceptors (Lipinski definition) is 0. The molecular formula is C6H6F3. The topological polar surface area (TPSA) is 0 Å². The van der Waals surface area contributed by atoms with Crippen LogP contribution in [0.3, 0.4) is 0 Å². The van der Waals surface area contributed by atoms with Crippen molar-refractivity contribution >= 4 is 0 Å². The van der Waals surface area contributed by atoms with Crippen molar-refractivity contribution in [2.45, 2.75) is 19.5 Å². The Kier molecular flexibility index (Phi) is 3.15. The Morgan fingerprint density at radius 1 is 1.44 bits per heavy atom. The number of hydrogen-bond donors (Lipinski definition) is 0. The van der Waals surface area contributed by atoms with Crippen molar-refractivity contribution < 1.29 is 13.2 Å². The van der Waals surface area contributed by atoms with Gasteiger partial charge in [0, 0.05) is 6.42 Å². The van der Waals surface area contributed by atoms with Crippen LogP contribution < -0.4 is 0 Å². The average molecular weight is 135 g/mol. The molecule has 0 bridgehead atoms. The zero-order valence-electron chi connectivity index (χ0n) is 4.92. The minimum Gasteiger partial charge on any atom is -0.170 e. The summed E-state index contributed by atoms with van der Waals surface area (Å²) in [6.45, 7) is 1.59. The van der Waals surface area contributed by atoms with Gasteiger partial charge in [0.1, 0.15) is 6.42 Å². The summed E-state index contributed by atoms with van der Waals surface area (Å²) in [5, 5.41) is 0. The average Bonchev–Trinajstić information content (AvgIpc) is 1.63. The highest BCUT2D eigenvalue weighted by atomic mass is 19.4. The lowest BCUT2D eigenvalue weighted by Crippen LogP contribution is -2.04.